The van der Waals surface area contributed by atoms with Crippen molar-refractivity contribution in [2.75, 3.05) is 41.8 Å². The van der Waals surface area contributed by atoms with E-state index in [4.69, 9.17) is 4.98 Å². The second kappa shape index (κ2) is 10.0. The number of nitrogens with one attached hydrogen (secondary N) is 2. The van der Waals surface area contributed by atoms with Gasteiger partial charge in [0.1, 0.15) is 11.5 Å². The summed E-state index contributed by atoms with van der Waals surface area (Å²) in [5, 5.41) is 23.7. The molecule has 0 radical (unpaired) electrons. The SMILES string of the molecule is CCN1[C@H](C)CN(c2cc(-c3n[nH]c4ccc(NC(=O)C5=C(C)N(C)c6nnnn6C5C)cc34)ccn2)C[C@@H]1C. The first-order valence-electron chi connectivity index (χ1n) is 13.8. The highest BCUT2D eigenvalue weighted by Crippen LogP contribution is 2.34. The van der Waals surface area contributed by atoms with E-state index in [2.05, 4.69) is 67.7 Å². The molecule has 3 aromatic heterocycles. The number of carbonyl (C=O) groups excluding carboxylic acids is 1. The van der Waals surface area contributed by atoms with Crippen LogP contribution in [-0.2, 0) is 4.79 Å². The minimum atomic E-state index is -0.297. The van der Waals surface area contributed by atoms with Gasteiger partial charge in [-0.05, 0) is 75.0 Å². The largest absolute Gasteiger partial charge is 0.353 e. The van der Waals surface area contributed by atoms with Gasteiger partial charge in [0, 0.05) is 60.8 Å². The van der Waals surface area contributed by atoms with E-state index >= 15 is 0 Å². The maximum Gasteiger partial charge on any atom is 0.255 e. The maximum absolute atomic E-state index is 13.5. The molecule has 208 valence electrons. The average molecular weight is 542 g/mol. The standard InChI is InChI=1S/C28H35N11O/c1-7-38-16(2)14-37(15-17(38)3)24-12-20(10-11-29-24)26-22-13-21(8-9-23(22)31-32-26)30-27(40)25-18(4)36(6)28-33-34-35-39(28)19(25)5/h8-13,16-17,19H,7,14-15H2,1-6H3,(H,30,40)(H,31,32)/t16-,17+,19?. The highest BCUT2D eigenvalue weighted by Gasteiger charge is 2.33. The quantitative estimate of drug-likeness (QED) is 0.391. The van der Waals surface area contributed by atoms with Gasteiger partial charge in [-0.2, -0.15) is 5.10 Å². The molecule has 1 fully saturated rings. The maximum atomic E-state index is 13.5. The molecule has 0 saturated carbocycles. The number of amides is 1. The summed E-state index contributed by atoms with van der Waals surface area (Å²) in [6, 6.07) is 10.5. The van der Waals surface area contributed by atoms with Gasteiger partial charge in [-0.25, -0.2) is 9.67 Å². The summed E-state index contributed by atoms with van der Waals surface area (Å²) >= 11 is 0. The number of rotatable bonds is 5. The predicted molar refractivity (Wildman–Crippen MR) is 155 cm³/mol. The lowest BCUT2D eigenvalue weighted by molar-refractivity contribution is -0.113. The Kier molecular flexibility index (Phi) is 6.49. The van der Waals surface area contributed by atoms with Crippen LogP contribution in [0, 0.1) is 0 Å². The van der Waals surface area contributed by atoms with Gasteiger partial charge in [-0.1, -0.05) is 12.0 Å². The summed E-state index contributed by atoms with van der Waals surface area (Å²) in [7, 11) is 1.86. The molecule has 2 aliphatic heterocycles. The topological polar surface area (TPSA) is 124 Å². The number of tetrazole rings is 1. The van der Waals surface area contributed by atoms with Crippen molar-refractivity contribution >= 4 is 34.3 Å². The van der Waals surface area contributed by atoms with E-state index in [-0.39, 0.29) is 11.9 Å². The third kappa shape index (κ3) is 4.28. The molecule has 2 aliphatic rings. The lowest BCUT2D eigenvalue weighted by Crippen LogP contribution is -2.56. The molecular weight excluding hydrogens is 506 g/mol. The number of hydrogen-bond donors (Lipinski definition) is 2. The number of aromatic amines is 1. The van der Waals surface area contributed by atoms with Crippen molar-refractivity contribution in [1.29, 1.82) is 0 Å². The number of H-pyrrole nitrogens is 1. The van der Waals surface area contributed by atoms with Crippen LogP contribution in [0.25, 0.3) is 22.2 Å². The van der Waals surface area contributed by atoms with Crippen LogP contribution >= 0.6 is 0 Å². The molecule has 1 amide bonds. The Morgan fingerprint density at radius 3 is 2.65 bits per heavy atom. The van der Waals surface area contributed by atoms with E-state index in [0.717, 1.165) is 53.3 Å². The number of carbonyl (C=O) groups is 1. The van der Waals surface area contributed by atoms with E-state index in [1.54, 1.807) is 4.68 Å². The summed E-state index contributed by atoms with van der Waals surface area (Å²) in [5.74, 6) is 1.37. The Morgan fingerprint density at radius 1 is 1.12 bits per heavy atom. The van der Waals surface area contributed by atoms with Gasteiger partial charge < -0.3 is 15.1 Å². The van der Waals surface area contributed by atoms with Crippen LogP contribution in [0.15, 0.2) is 47.8 Å². The highest BCUT2D eigenvalue weighted by molar-refractivity contribution is 6.07. The fourth-order valence-corrected chi connectivity index (χ4v) is 6.19. The van der Waals surface area contributed by atoms with Crippen molar-refractivity contribution in [3.63, 3.8) is 0 Å². The molecule has 0 spiro atoms. The zero-order valence-electron chi connectivity index (χ0n) is 23.8. The molecule has 5 heterocycles. The van der Waals surface area contributed by atoms with Crippen molar-refractivity contribution in [2.45, 2.75) is 52.7 Å². The third-order valence-electron chi connectivity index (χ3n) is 8.33. The number of hydrogen-bond acceptors (Lipinski definition) is 9. The summed E-state index contributed by atoms with van der Waals surface area (Å²) < 4.78 is 1.66. The lowest BCUT2D eigenvalue weighted by Gasteiger charge is -2.44. The molecule has 12 nitrogen and oxygen atoms in total. The molecule has 2 N–H and O–H groups in total. The van der Waals surface area contributed by atoms with Gasteiger partial charge in [0.2, 0.25) is 5.95 Å². The number of allylic oxidation sites excluding steroid dienone is 1. The van der Waals surface area contributed by atoms with Crippen molar-refractivity contribution in [1.82, 2.24) is 40.3 Å². The minimum absolute atomic E-state index is 0.192. The third-order valence-corrected chi connectivity index (χ3v) is 8.33. The van der Waals surface area contributed by atoms with Crippen LogP contribution in [-0.4, -0.2) is 85.0 Å². The Bertz CT molecular complexity index is 1590. The zero-order valence-corrected chi connectivity index (χ0v) is 23.8. The molecule has 0 aliphatic carbocycles. The highest BCUT2D eigenvalue weighted by atomic mass is 16.1. The summed E-state index contributed by atoms with van der Waals surface area (Å²) in [6.45, 7) is 13.5. The number of anilines is 3. The summed E-state index contributed by atoms with van der Waals surface area (Å²) in [4.78, 5) is 24.9. The van der Waals surface area contributed by atoms with Gasteiger partial charge in [0.25, 0.3) is 5.91 Å². The van der Waals surface area contributed by atoms with Crippen molar-refractivity contribution in [2.24, 2.45) is 0 Å². The molecule has 1 unspecified atom stereocenters. The van der Waals surface area contributed by atoms with E-state index in [0.29, 0.717) is 29.3 Å². The van der Waals surface area contributed by atoms with Crippen LogP contribution in [0.4, 0.5) is 17.5 Å². The van der Waals surface area contributed by atoms with E-state index in [1.807, 2.05) is 56.3 Å². The van der Waals surface area contributed by atoms with Gasteiger partial charge in [-0.3, -0.25) is 14.8 Å². The zero-order chi connectivity index (χ0) is 28.1. The van der Waals surface area contributed by atoms with Crippen LogP contribution in [0.2, 0.25) is 0 Å². The second-order valence-electron chi connectivity index (χ2n) is 10.8. The first-order chi connectivity index (χ1) is 19.3. The number of benzene rings is 1. The molecule has 40 heavy (non-hydrogen) atoms. The first-order valence-corrected chi connectivity index (χ1v) is 13.8. The molecule has 6 rings (SSSR count). The number of fused-ring (bicyclic) bond motifs is 2. The Labute approximate surface area is 233 Å². The van der Waals surface area contributed by atoms with Crippen molar-refractivity contribution < 1.29 is 4.79 Å². The minimum Gasteiger partial charge on any atom is -0.353 e. The van der Waals surface area contributed by atoms with Crippen molar-refractivity contribution in [3.05, 3.63) is 47.8 Å². The van der Waals surface area contributed by atoms with Gasteiger partial charge in [0.05, 0.1) is 17.1 Å². The number of piperazine rings is 1. The normalized spacial score (nSPS) is 21.7. The molecule has 3 atom stereocenters. The molecular formula is C28H35N11O. The van der Waals surface area contributed by atoms with E-state index < -0.39 is 0 Å². The molecule has 4 aromatic rings. The van der Waals surface area contributed by atoms with Gasteiger partial charge >= 0.3 is 0 Å². The smallest absolute Gasteiger partial charge is 0.255 e. The summed E-state index contributed by atoms with van der Waals surface area (Å²) in [6.07, 6.45) is 1.85. The molecule has 1 saturated heterocycles. The Morgan fingerprint density at radius 2 is 1.90 bits per heavy atom. The first kappa shape index (κ1) is 25.9. The number of aromatic nitrogens is 7. The number of pyridine rings is 1. The Balaban J connectivity index is 1.27. The van der Waals surface area contributed by atoms with Crippen LogP contribution in [0.5, 0.6) is 0 Å². The van der Waals surface area contributed by atoms with Gasteiger partial charge in [0.15, 0.2) is 0 Å². The van der Waals surface area contributed by atoms with Crippen molar-refractivity contribution in [3.8, 4) is 11.3 Å². The predicted octanol–water partition coefficient (Wildman–Crippen LogP) is 3.45. The number of nitrogens with zero attached hydrogens (tertiary/aromatic N) is 9. The molecule has 1 aromatic carbocycles. The van der Waals surface area contributed by atoms with E-state index in [9.17, 15) is 4.79 Å². The second-order valence-corrected chi connectivity index (χ2v) is 10.8. The molecule has 0 bridgehead atoms. The van der Waals surface area contributed by atoms with E-state index in [1.165, 1.54) is 0 Å². The average Bonchev–Trinajstić information content (AvgIpc) is 3.60. The Hall–Kier alpha value is -4.32. The van der Waals surface area contributed by atoms with Crippen LogP contribution in [0.1, 0.15) is 40.7 Å². The van der Waals surface area contributed by atoms with Gasteiger partial charge in [-0.15, -0.1) is 0 Å². The fourth-order valence-electron chi connectivity index (χ4n) is 6.19. The van der Waals surface area contributed by atoms with Crippen LogP contribution < -0.4 is 15.1 Å². The summed E-state index contributed by atoms with van der Waals surface area (Å²) in [5.41, 5.74) is 4.80. The molecule has 12 heteroatoms. The number of likely N-dealkylation sites (N-methyl/N-ethyl adjacent to an activating group) is 1. The monoisotopic (exact) mass is 541 g/mol. The fraction of sp³-hybridized carbons (Fsp3) is 0.429. The lowest BCUT2D eigenvalue weighted by atomic mass is 10.0. The van der Waals surface area contributed by atoms with Crippen LogP contribution in [0.3, 0.4) is 0 Å².